The van der Waals surface area contributed by atoms with Crippen LogP contribution < -0.4 is 0 Å². The molecule has 1 atom stereocenters. The summed E-state index contributed by atoms with van der Waals surface area (Å²) >= 11 is 0. The van der Waals surface area contributed by atoms with E-state index in [4.69, 9.17) is 14.2 Å². The standard InChI is InChI=1S/C54H90O6/c1-4-7-10-13-16-19-22-25-27-28-30-32-35-38-41-44-47-53(56)59-50-51(49-58-52(55)46-43-40-37-34-31-24-21-18-15-12-9-6-3)60-54(57)48-45-42-39-36-33-29-26-23-20-17-14-11-8-5-2/h7-8,10-11,16-21,25,27,30,32,51H,4-6,9,12-15,22-24,26,28-29,31,33-50H2,1-3H3/b10-7-,11-8-,19-16-,20-17-,21-18-,27-25-,32-30-. The van der Waals surface area contributed by atoms with Crippen LogP contribution in [0.3, 0.4) is 0 Å². The Morgan fingerprint density at radius 2 is 0.650 bits per heavy atom. The lowest BCUT2D eigenvalue weighted by Crippen LogP contribution is -2.30. The minimum atomic E-state index is -0.796. The molecule has 0 aliphatic rings. The van der Waals surface area contributed by atoms with Crippen LogP contribution in [-0.2, 0) is 28.6 Å². The van der Waals surface area contributed by atoms with Gasteiger partial charge in [-0.15, -0.1) is 0 Å². The highest BCUT2D eigenvalue weighted by molar-refractivity contribution is 5.71. The Labute approximate surface area is 369 Å². The summed E-state index contributed by atoms with van der Waals surface area (Å²) in [5.41, 5.74) is 0. The number of ether oxygens (including phenoxy) is 3. The molecule has 6 nitrogen and oxygen atoms in total. The van der Waals surface area contributed by atoms with E-state index in [0.29, 0.717) is 19.3 Å². The second kappa shape index (κ2) is 48.3. The maximum Gasteiger partial charge on any atom is 0.306 e. The number of carbonyl (C=O) groups is 3. The van der Waals surface area contributed by atoms with Gasteiger partial charge in [0.05, 0.1) is 0 Å². The van der Waals surface area contributed by atoms with Crippen LogP contribution in [-0.4, -0.2) is 37.2 Å². The minimum Gasteiger partial charge on any atom is -0.462 e. The van der Waals surface area contributed by atoms with Gasteiger partial charge in [-0.25, -0.2) is 0 Å². The fourth-order valence-electron chi connectivity index (χ4n) is 6.46. The van der Waals surface area contributed by atoms with E-state index in [-0.39, 0.29) is 31.1 Å². The average molecular weight is 835 g/mol. The van der Waals surface area contributed by atoms with E-state index >= 15 is 0 Å². The first-order chi connectivity index (χ1) is 29.5. The molecular formula is C54H90O6. The Morgan fingerprint density at radius 1 is 0.350 bits per heavy atom. The van der Waals surface area contributed by atoms with Gasteiger partial charge in [0.15, 0.2) is 6.10 Å². The van der Waals surface area contributed by atoms with Crippen molar-refractivity contribution in [2.45, 2.75) is 226 Å². The number of esters is 3. The summed E-state index contributed by atoms with van der Waals surface area (Å²) in [5.74, 6) is -0.948. The Bertz CT molecular complexity index is 1190. The fraction of sp³-hybridized carbons (Fsp3) is 0.685. The van der Waals surface area contributed by atoms with Gasteiger partial charge in [0, 0.05) is 19.3 Å². The zero-order valence-corrected chi connectivity index (χ0v) is 38.9. The van der Waals surface area contributed by atoms with E-state index in [1.54, 1.807) is 0 Å². The molecule has 60 heavy (non-hydrogen) atoms. The van der Waals surface area contributed by atoms with Crippen molar-refractivity contribution >= 4 is 17.9 Å². The zero-order chi connectivity index (χ0) is 43.7. The van der Waals surface area contributed by atoms with Gasteiger partial charge in [-0.3, -0.25) is 14.4 Å². The van der Waals surface area contributed by atoms with Gasteiger partial charge < -0.3 is 14.2 Å². The molecule has 0 spiro atoms. The SMILES string of the molecule is CC/C=C\C/C=C\C/C=C\C/C=C\CCCCCC(=O)OCC(COC(=O)CCCCCCC/C=C\CCCCC)OC(=O)CCCCCCCCC/C=C\C/C=C\CC. The molecule has 0 amide bonds. The predicted molar refractivity (Wildman–Crippen MR) is 256 cm³/mol. The van der Waals surface area contributed by atoms with Gasteiger partial charge in [-0.2, -0.15) is 0 Å². The van der Waals surface area contributed by atoms with Crippen LogP contribution >= 0.6 is 0 Å². The second-order valence-electron chi connectivity index (χ2n) is 16.0. The van der Waals surface area contributed by atoms with Gasteiger partial charge in [-0.05, 0) is 109 Å². The number of allylic oxidation sites excluding steroid dienone is 14. The first-order valence-corrected chi connectivity index (χ1v) is 24.6. The van der Waals surface area contributed by atoms with Crippen LogP contribution in [0, 0.1) is 0 Å². The van der Waals surface area contributed by atoms with Gasteiger partial charge >= 0.3 is 17.9 Å². The molecule has 0 rings (SSSR count). The molecule has 1 unspecified atom stereocenters. The van der Waals surface area contributed by atoms with Gasteiger partial charge in [-0.1, -0.05) is 176 Å². The van der Waals surface area contributed by atoms with E-state index in [0.717, 1.165) is 116 Å². The third-order valence-electron chi connectivity index (χ3n) is 10.1. The molecule has 0 radical (unpaired) electrons. The maximum absolute atomic E-state index is 12.8. The molecule has 0 heterocycles. The molecule has 0 saturated heterocycles. The normalized spacial score (nSPS) is 12.8. The molecule has 0 aromatic heterocycles. The number of hydrogen-bond donors (Lipinski definition) is 0. The maximum atomic E-state index is 12.8. The fourth-order valence-corrected chi connectivity index (χ4v) is 6.46. The Kier molecular flexibility index (Phi) is 45.5. The Hall–Kier alpha value is -3.41. The second-order valence-corrected chi connectivity index (χ2v) is 16.0. The molecule has 0 N–H and O–H groups in total. The molecule has 342 valence electrons. The molecule has 0 aromatic carbocycles. The van der Waals surface area contributed by atoms with Crippen molar-refractivity contribution in [3.63, 3.8) is 0 Å². The topological polar surface area (TPSA) is 78.9 Å². The number of hydrogen-bond acceptors (Lipinski definition) is 6. The first-order valence-electron chi connectivity index (χ1n) is 24.6. The van der Waals surface area contributed by atoms with Crippen LogP contribution in [0.15, 0.2) is 85.1 Å². The van der Waals surface area contributed by atoms with Crippen molar-refractivity contribution in [2.24, 2.45) is 0 Å². The summed E-state index contributed by atoms with van der Waals surface area (Å²) in [7, 11) is 0. The Balaban J connectivity index is 4.46. The lowest BCUT2D eigenvalue weighted by Gasteiger charge is -2.18. The van der Waals surface area contributed by atoms with Gasteiger partial charge in [0.25, 0.3) is 0 Å². The van der Waals surface area contributed by atoms with Crippen molar-refractivity contribution in [1.29, 1.82) is 0 Å². The lowest BCUT2D eigenvalue weighted by molar-refractivity contribution is -0.167. The Morgan fingerprint density at radius 3 is 1.05 bits per heavy atom. The number of rotatable bonds is 43. The molecule has 0 saturated carbocycles. The first kappa shape index (κ1) is 56.6. The van der Waals surface area contributed by atoms with Crippen molar-refractivity contribution in [3.8, 4) is 0 Å². The van der Waals surface area contributed by atoms with Crippen LogP contribution in [0.2, 0.25) is 0 Å². The molecule has 0 aromatic rings. The summed E-state index contributed by atoms with van der Waals surface area (Å²) in [6.45, 7) is 6.34. The molecular weight excluding hydrogens is 745 g/mol. The van der Waals surface area contributed by atoms with Crippen molar-refractivity contribution in [2.75, 3.05) is 13.2 Å². The van der Waals surface area contributed by atoms with E-state index in [9.17, 15) is 14.4 Å². The van der Waals surface area contributed by atoms with Crippen molar-refractivity contribution < 1.29 is 28.6 Å². The van der Waals surface area contributed by atoms with E-state index < -0.39 is 6.10 Å². The molecule has 0 fully saturated rings. The quantitative estimate of drug-likeness (QED) is 0.0263. The van der Waals surface area contributed by atoms with Crippen LogP contribution in [0.4, 0.5) is 0 Å². The molecule has 6 heteroatoms. The third-order valence-corrected chi connectivity index (χ3v) is 10.1. The monoisotopic (exact) mass is 835 g/mol. The third kappa shape index (κ3) is 45.7. The largest absolute Gasteiger partial charge is 0.462 e. The average Bonchev–Trinajstić information content (AvgIpc) is 3.24. The number of unbranched alkanes of at least 4 members (excludes halogenated alkanes) is 18. The van der Waals surface area contributed by atoms with Gasteiger partial charge in [0.1, 0.15) is 13.2 Å². The summed E-state index contributed by atoms with van der Waals surface area (Å²) in [5, 5.41) is 0. The summed E-state index contributed by atoms with van der Waals surface area (Å²) < 4.78 is 16.7. The highest BCUT2D eigenvalue weighted by Crippen LogP contribution is 2.13. The summed E-state index contributed by atoms with van der Waals surface area (Å²) in [4.78, 5) is 37.9. The summed E-state index contributed by atoms with van der Waals surface area (Å²) in [6.07, 6.45) is 61.3. The zero-order valence-electron chi connectivity index (χ0n) is 38.9. The molecule has 0 aliphatic carbocycles. The number of carbonyl (C=O) groups excluding carboxylic acids is 3. The van der Waals surface area contributed by atoms with Crippen LogP contribution in [0.5, 0.6) is 0 Å². The highest BCUT2D eigenvalue weighted by atomic mass is 16.6. The van der Waals surface area contributed by atoms with E-state index in [1.807, 2.05) is 0 Å². The van der Waals surface area contributed by atoms with Gasteiger partial charge in [0.2, 0.25) is 0 Å². The van der Waals surface area contributed by atoms with E-state index in [2.05, 4.69) is 106 Å². The van der Waals surface area contributed by atoms with Crippen LogP contribution in [0.1, 0.15) is 220 Å². The lowest BCUT2D eigenvalue weighted by atomic mass is 10.1. The minimum absolute atomic E-state index is 0.0953. The predicted octanol–water partition coefficient (Wildman–Crippen LogP) is 16.0. The molecule has 0 aliphatic heterocycles. The molecule has 0 bridgehead atoms. The van der Waals surface area contributed by atoms with E-state index in [1.165, 1.54) is 64.2 Å². The van der Waals surface area contributed by atoms with Crippen LogP contribution in [0.25, 0.3) is 0 Å². The van der Waals surface area contributed by atoms with Crippen molar-refractivity contribution in [3.05, 3.63) is 85.1 Å². The van der Waals surface area contributed by atoms with Crippen molar-refractivity contribution in [1.82, 2.24) is 0 Å². The summed E-state index contributed by atoms with van der Waals surface area (Å²) in [6, 6.07) is 0. The smallest absolute Gasteiger partial charge is 0.306 e. The highest BCUT2D eigenvalue weighted by Gasteiger charge is 2.19.